The number of hydrogen-bond donors (Lipinski definition) is 1. The Morgan fingerprint density at radius 3 is 2.43 bits per heavy atom. The van der Waals surface area contributed by atoms with E-state index in [1.54, 1.807) is 25.6 Å². The van der Waals surface area contributed by atoms with Crippen LogP contribution in [0.4, 0.5) is 11.5 Å². The van der Waals surface area contributed by atoms with E-state index in [2.05, 4.69) is 29.1 Å². The Bertz CT molecular complexity index is 874. The standard InChI is InChI=1S/C17H19N3O2S/c1-9-10(2)23-17-15(9)16(18-11(3)19-17)20-12-6-7-13(21-4)14(8-12)22-5/h6-8H,1-5H3,(H,18,19,20). The van der Waals surface area contributed by atoms with Crippen molar-refractivity contribution < 1.29 is 9.47 Å². The van der Waals surface area contributed by atoms with Gasteiger partial charge in [0.05, 0.1) is 19.6 Å². The highest BCUT2D eigenvalue weighted by atomic mass is 32.1. The second-order valence-electron chi connectivity index (χ2n) is 5.28. The second-order valence-corrected chi connectivity index (χ2v) is 6.48. The molecule has 0 aliphatic carbocycles. The van der Waals surface area contributed by atoms with E-state index in [9.17, 15) is 0 Å². The van der Waals surface area contributed by atoms with E-state index < -0.39 is 0 Å². The minimum absolute atomic E-state index is 0.678. The summed E-state index contributed by atoms with van der Waals surface area (Å²) in [6, 6.07) is 5.72. The maximum Gasteiger partial charge on any atom is 0.162 e. The average Bonchev–Trinajstić information content (AvgIpc) is 2.81. The number of thiophene rings is 1. The van der Waals surface area contributed by atoms with Gasteiger partial charge in [0.25, 0.3) is 0 Å². The highest BCUT2D eigenvalue weighted by Gasteiger charge is 2.14. The SMILES string of the molecule is COc1ccc(Nc2nc(C)nc3sc(C)c(C)c23)cc1OC. The predicted molar refractivity (Wildman–Crippen MR) is 94.5 cm³/mol. The van der Waals surface area contributed by atoms with Gasteiger partial charge in [-0.25, -0.2) is 9.97 Å². The first kappa shape index (κ1) is 15.6. The molecule has 5 nitrogen and oxygen atoms in total. The molecule has 1 N–H and O–H groups in total. The highest BCUT2D eigenvalue weighted by Crippen LogP contribution is 2.36. The topological polar surface area (TPSA) is 56.3 Å². The summed E-state index contributed by atoms with van der Waals surface area (Å²) in [5, 5.41) is 4.46. The van der Waals surface area contributed by atoms with Crippen molar-refractivity contribution in [3.05, 3.63) is 34.5 Å². The van der Waals surface area contributed by atoms with E-state index >= 15 is 0 Å². The minimum Gasteiger partial charge on any atom is -0.493 e. The molecule has 0 fully saturated rings. The minimum atomic E-state index is 0.678. The van der Waals surface area contributed by atoms with Crippen LogP contribution < -0.4 is 14.8 Å². The van der Waals surface area contributed by atoms with Crippen LogP contribution >= 0.6 is 11.3 Å². The summed E-state index contributed by atoms with van der Waals surface area (Å²) in [7, 11) is 3.25. The van der Waals surface area contributed by atoms with Crippen molar-refractivity contribution in [2.75, 3.05) is 19.5 Å². The van der Waals surface area contributed by atoms with Gasteiger partial charge < -0.3 is 14.8 Å². The van der Waals surface area contributed by atoms with Crippen molar-refractivity contribution in [1.82, 2.24) is 9.97 Å². The molecule has 0 amide bonds. The molecule has 0 saturated heterocycles. The third-order valence-corrected chi connectivity index (χ3v) is 4.89. The van der Waals surface area contributed by atoms with Gasteiger partial charge in [-0.2, -0.15) is 0 Å². The Kier molecular flexibility index (Phi) is 4.09. The monoisotopic (exact) mass is 329 g/mol. The van der Waals surface area contributed by atoms with Crippen molar-refractivity contribution in [2.45, 2.75) is 20.8 Å². The lowest BCUT2D eigenvalue weighted by Crippen LogP contribution is -1.99. The molecule has 1 aromatic carbocycles. The van der Waals surface area contributed by atoms with E-state index in [1.165, 1.54) is 10.4 Å². The molecule has 3 aromatic rings. The molecular formula is C17H19N3O2S. The number of fused-ring (bicyclic) bond motifs is 1. The first-order valence-electron chi connectivity index (χ1n) is 7.27. The molecule has 3 rings (SSSR count). The first-order valence-corrected chi connectivity index (χ1v) is 8.08. The third kappa shape index (κ3) is 2.82. The fourth-order valence-corrected chi connectivity index (χ4v) is 3.57. The van der Waals surface area contributed by atoms with Crippen LogP contribution in [0.1, 0.15) is 16.3 Å². The van der Waals surface area contributed by atoms with Gasteiger partial charge in [-0.05, 0) is 38.5 Å². The number of anilines is 2. The zero-order chi connectivity index (χ0) is 16.6. The molecule has 2 aromatic heterocycles. The van der Waals surface area contributed by atoms with Gasteiger partial charge in [0.2, 0.25) is 0 Å². The summed E-state index contributed by atoms with van der Waals surface area (Å²) >= 11 is 1.70. The lowest BCUT2D eigenvalue weighted by Gasteiger charge is -2.12. The third-order valence-electron chi connectivity index (χ3n) is 3.79. The number of nitrogens with zero attached hydrogens (tertiary/aromatic N) is 2. The van der Waals surface area contributed by atoms with Gasteiger partial charge >= 0.3 is 0 Å². The van der Waals surface area contributed by atoms with Gasteiger partial charge in [0.1, 0.15) is 16.5 Å². The van der Waals surface area contributed by atoms with Crippen molar-refractivity contribution >= 4 is 33.1 Å². The number of aryl methyl sites for hydroxylation is 3. The number of rotatable bonds is 4. The molecule has 0 aliphatic rings. The number of nitrogens with one attached hydrogen (secondary N) is 1. The molecule has 0 spiro atoms. The highest BCUT2D eigenvalue weighted by molar-refractivity contribution is 7.18. The van der Waals surface area contributed by atoms with E-state index in [1.807, 2.05) is 25.1 Å². The van der Waals surface area contributed by atoms with Crippen LogP contribution in [-0.2, 0) is 0 Å². The Balaban J connectivity index is 2.08. The Morgan fingerprint density at radius 1 is 1.00 bits per heavy atom. The van der Waals surface area contributed by atoms with Crippen LogP contribution in [0.25, 0.3) is 10.2 Å². The van der Waals surface area contributed by atoms with Crippen molar-refractivity contribution in [3.63, 3.8) is 0 Å². The second kappa shape index (κ2) is 6.04. The van der Waals surface area contributed by atoms with Crippen LogP contribution in [0, 0.1) is 20.8 Å². The quantitative estimate of drug-likeness (QED) is 0.770. The maximum atomic E-state index is 5.36. The van der Waals surface area contributed by atoms with Gasteiger partial charge in [0.15, 0.2) is 11.5 Å². The number of ether oxygens (including phenoxy) is 2. The number of methoxy groups -OCH3 is 2. The fraction of sp³-hybridized carbons (Fsp3) is 0.294. The average molecular weight is 329 g/mol. The Hall–Kier alpha value is -2.34. The zero-order valence-corrected chi connectivity index (χ0v) is 14.7. The molecule has 0 aliphatic heterocycles. The van der Waals surface area contributed by atoms with Crippen LogP contribution in [0.15, 0.2) is 18.2 Å². The molecule has 120 valence electrons. The maximum absolute atomic E-state index is 5.36. The number of aromatic nitrogens is 2. The van der Waals surface area contributed by atoms with Crippen molar-refractivity contribution in [1.29, 1.82) is 0 Å². The van der Waals surface area contributed by atoms with Gasteiger partial charge in [-0.3, -0.25) is 0 Å². The number of hydrogen-bond acceptors (Lipinski definition) is 6. The van der Waals surface area contributed by atoms with E-state index in [4.69, 9.17) is 9.47 Å². The fourth-order valence-electron chi connectivity index (χ4n) is 2.50. The predicted octanol–water partition coefficient (Wildman–Crippen LogP) is 4.38. The molecule has 0 unspecified atom stereocenters. The summed E-state index contributed by atoms with van der Waals surface area (Å²) < 4.78 is 10.6. The lowest BCUT2D eigenvalue weighted by molar-refractivity contribution is 0.355. The smallest absolute Gasteiger partial charge is 0.162 e. The summed E-state index contributed by atoms with van der Waals surface area (Å²) in [6.45, 7) is 6.12. The first-order chi connectivity index (χ1) is 11.0. The van der Waals surface area contributed by atoms with Crippen LogP contribution in [-0.4, -0.2) is 24.2 Å². The summed E-state index contributed by atoms with van der Waals surface area (Å²) in [5.41, 5.74) is 2.11. The molecule has 6 heteroatoms. The van der Waals surface area contributed by atoms with E-state index in [0.717, 1.165) is 27.5 Å². The molecule has 0 atom stereocenters. The van der Waals surface area contributed by atoms with E-state index in [-0.39, 0.29) is 0 Å². The molecular weight excluding hydrogens is 310 g/mol. The molecule has 23 heavy (non-hydrogen) atoms. The number of benzene rings is 1. The molecule has 0 radical (unpaired) electrons. The van der Waals surface area contributed by atoms with Gasteiger partial charge in [0, 0.05) is 16.6 Å². The zero-order valence-electron chi connectivity index (χ0n) is 13.9. The van der Waals surface area contributed by atoms with Crippen molar-refractivity contribution in [3.8, 4) is 11.5 Å². The van der Waals surface area contributed by atoms with Crippen LogP contribution in [0.2, 0.25) is 0 Å². The normalized spacial score (nSPS) is 10.8. The largest absolute Gasteiger partial charge is 0.493 e. The molecule has 0 bridgehead atoms. The van der Waals surface area contributed by atoms with Gasteiger partial charge in [-0.15, -0.1) is 11.3 Å². The van der Waals surface area contributed by atoms with Crippen molar-refractivity contribution in [2.24, 2.45) is 0 Å². The summed E-state index contributed by atoms with van der Waals surface area (Å²) in [6.07, 6.45) is 0. The molecule has 2 heterocycles. The van der Waals surface area contributed by atoms with Crippen LogP contribution in [0.3, 0.4) is 0 Å². The molecule has 0 saturated carbocycles. The Morgan fingerprint density at radius 2 is 1.74 bits per heavy atom. The summed E-state index contributed by atoms with van der Waals surface area (Å²) in [5.74, 6) is 2.95. The summed E-state index contributed by atoms with van der Waals surface area (Å²) in [4.78, 5) is 11.4. The van der Waals surface area contributed by atoms with E-state index in [0.29, 0.717) is 11.5 Å². The van der Waals surface area contributed by atoms with Gasteiger partial charge in [-0.1, -0.05) is 0 Å². The Labute approximate surface area is 139 Å². The lowest BCUT2D eigenvalue weighted by atomic mass is 10.2. The van der Waals surface area contributed by atoms with Crippen LogP contribution in [0.5, 0.6) is 11.5 Å².